The van der Waals surface area contributed by atoms with Gasteiger partial charge in [-0.05, 0) is 27.4 Å². The highest BCUT2D eigenvalue weighted by atomic mass is 28.3. The van der Waals surface area contributed by atoms with Crippen molar-refractivity contribution in [2.45, 2.75) is 64.7 Å². The standard InChI is InChI=1S/C26H36Si2/c1-22(2)28(23(3)4,24(5)6)21-20-27(7,26-16-12-9-13-17-26)19-18-25-14-10-8-11-15-25/h8-19,22-24H,1-7H3/b19-18+. The molecule has 0 spiro atoms. The van der Waals surface area contributed by atoms with E-state index >= 15 is 0 Å². The Hall–Kier alpha value is -1.83. The van der Waals surface area contributed by atoms with Crippen LogP contribution in [0.1, 0.15) is 47.1 Å². The van der Waals surface area contributed by atoms with E-state index in [4.69, 9.17) is 0 Å². The second kappa shape index (κ2) is 9.59. The Morgan fingerprint density at radius 2 is 1.14 bits per heavy atom. The first-order valence-corrected chi connectivity index (χ1v) is 15.4. The molecule has 0 aliphatic carbocycles. The molecule has 1 atom stereocenters. The summed E-state index contributed by atoms with van der Waals surface area (Å²) in [6, 6.07) is 21.5. The molecule has 2 aromatic carbocycles. The van der Waals surface area contributed by atoms with Crippen LogP contribution in [0.2, 0.25) is 23.2 Å². The fourth-order valence-electron chi connectivity index (χ4n) is 4.49. The van der Waals surface area contributed by atoms with Crippen LogP contribution in [-0.2, 0) is 0 Å². The van der Waals surface area contributed by atoms with Crippen LogP contribution in [0, 0.1) is 11.1 Å². The van der Waals surface area contributed by atoms with E-state index in [2.05, 4.69) is 132 Å². The molecule has 2 heteroatoms. The zero-order valence-electron chi connectivity index (χ0n) is 18.7. The third-order valence-corrected chi connectivity index (χ3v) is 15.7. The molecule has 148 valence electrons. The summed E-state index contributed by atoms with van der Waals surface area (Å²) >= 11 is 0. The fraction of sp³-hybridized carbons (Fsp3) is 0.385. The maximum Gasteiger partial charge on any atom is 0.188 e. The largest absolute Gasteiger partial charge is 0.188 e. The first-order chi connectivity index (χ1) is 13.2. The van der Waals surface area contributed by atoms with Gasteiger partial charge in [0.25, 0.3) is 0 Å². The maximum atomic E-state index is 4.01. The Bertz CT molecular complexity index is 801. The van der Waals surface area contributed by atoms with Crippen molar-refractivity contribution < 1.29 is 0 Å². The van der Waals surface area contributed by atoms with Crippen molar-refractivity contribution in [3.63, 3.8) is 0 Å². The average Bonchev–Trinajstić information content (AvgIpc) is 2.67. The summed E-state index contributed by atoms with van der Waals surface area (Å²) < 4.78 is 0. The molecule has 2 rings (SSSR count). The van der Waals surface area contributed by atoms with Crippen molar-refractivity contribution in [2.75, 3.05) is 0 Å². The topological polar surface area (TPSA) is 0 Å². The summed E-state index contributed by atoms with van der Waals surface area (Å²) in [6.45, 7) is 16.7. The van der Waals surface area contributed by atoms with Crippen molar-refractivity contribution in [2.24, 2.45) is 0 Å². The van der Waals surface area contributed by atoms with Gasteiger partial charge < -0.3 is 0 Å². The predicted molar refractivity (Wildman–Crippen MR) is 132 cm³/mol. The average molecular weight is 405 g/mol. The second-order valence-corrected chi connectivity index (χ2v) is 18.1. The number of hydrogen-bond donors (Lipinski definition) is 0. The lowest BCUT2D eigenvalue weighted by Crippen LogP contribution is -2.46. The zero-order valence-corrected chi connectivity index (χ0v) is 20.7. The van der Waals surface area contributed by atoms with E-state index < -0.39 is 16.1 Å². The van der Waals surface area contributed by atoms with Gasteiger partial charge in [-0.15, -0.1) is 11.1 Å². The molecule has 0 heterocycles. The minimum atomic E-state index is -2.06. The highest BCUT2D eigenvalue weighted by Gasteiger charge is 2.42. The van der Waals surface area contributed by atoms with E-state index in [-0.39, 0.29) is 0 Å². The number of rotatable bonds is 6. The van der Waals surface area contributed by atoms with Gasteiger partial charge in [-0.1, -0.05) is 121 Å². The third-order valence-electron chi connectivity index (χ3n) is 6.19. The first kappa shape index (κ1) is 22.5. The lowest BCUT2D eigenvalue weighted by molar-refractivity contribution is 0.838. The monoisotopic (exact) mass is 404 g/mol. The molecule has 0 aliphatic heterocycles. The molecule has 0 saturated carbocycles. The molecule has 2 aromatic rings. The highest BCUT2D eigenvalue weighted by Crippen LogP contribution is 2.40. The molecule has 1 unspecified atom stereocenters. The first-order valence-electron chi connectivity index (χ1n) is 10.6. The Morgan fingerprint density at radius 3 is 1.61 bits per heavy atom. The lowest BCUT2D eigenvalue weighted by Gasteiger charge is -2.38. The number of benzene rings is 2. The van der Waals surface area contributed by atoms with Crippen LogP contribution >= 0.6 is 0 Å². The summed E-state index contributed by atoms with van der Waals surface area (Å²) in [5.74, 6) is 0. The summed E-state index contributed by atoms with van der Waals surface area (Å²) in [4.78, 5) is 0. The van der Waals surface area contributed by atoms with Crippen LogP contribution < -0.4 is 5.19 Å². The number of hydrogen-bond acceptors (Lipinski definition) is 0. The fourth-order valence-corrected chi connectivity index (χ4v) is 13.1. The molecular formula is C26H36Si2. The van der Waals surface area contributed by atoms with Crippen LogP contribution in [0.4, 0.5) is 0 Å². The SMILES string of the molecule is CC(C)[Si](C#C[Si](C)(/C=C/c1ccccc1)c1ccccc1)(C(C)C)C(C)C. The minimum Gasteiger partial charge on any atom is -0.136 e. The van der Waals surface area contributed by atoms with Crippen molar-refractivity contribution in [1.82, 2.24) is 0 Å². The van der Waals surface area contributed by atoms with E-state index in [1.54, 1.807) is 0 Å². The van der Waals surface area contributed by atoms with E-state index in [1.165, 1.54) is 10.8 Å². The molecule has 28 heavy (non-hydrogen) atoms. The Morgan fingerprint density at radius 1 is 0.679 bits per heavy atom. The van der Waals surface area contributed by atoms with E-state index in [0.717, 1.165) is 0 Å². The Balaban J connectivity index is 2.58. The normalized spacial score (nSPS) is 14.4. The Labute approximate surface area is 175 Å². The smallest absolute Gasteiger partial charge is 0.136 e. The van der Waals surface area contributed by atoms with E-state index in [1.807, 2.05) is 0 Å². The molecule has 0 amide bonds. The molecule has 0 aromatic heterocycles. The van der Waals surface area contributed by atoms with Gasteiger partial charge in [0.05, 0.1) is 0 Å². The summed E-state index contributed by atoms with van der Waals surface area (Å²) in [6.07, 6.45) is 2.28. The zero-order chi connectivity index (χ0) is 20.8. The van der Waals surface area contributed by atoms with Gasteiger partial charge in [-0.25, -0.2) is 0 Å². The highest BCUT2D eigenvalue weighted by molar-refractivity contribution is 7.03. The van der Waals surface area contributed by atoms with Gasteiger partial charge in [0.15, 0.2) is 8.07 Å². The second-order valence-electron chi connectivity index (χ2n) is 8.96. The van der Waals surface area contributed by atoms with Gasteiger partial charge in [0, 0.05) is 0 Å². The van der Waals surface area contributed by atoms with Crippen LogP contribution in [0.3, 0.4) is 0 Å². The van der Waals surface area contributed by atoms with Crippen molar-refractivity contribution in [3.05, 3.63) is 71.9 Å². The van der Waals surface area contributed by atoms with Crippen LogP contribution in [0.15, 0.2) is 66.4 Å². The van der Waals surface area contributed by atoms with E-state index in [0.29, 0.717) is 16.6 Å². The maximum absolute atomic E-state index is 4.01. The molecule has 0 radical (unpaired) electrons. The van der Waals surface area contributed by atoms with E-state index in [9.17, 15) is 0 Å². The van der Waals surface area contributed by atoms with Gasteiger partial charge in [0.2, 0.25) is 0 Å². The molecule has 0 saturated heterocycles. The molecule has 0 bridgehead atoms. The van der Waals surface area contributed by atoms with Crippen molar-refractivity contribution in [3.8, 4) is 11.1 Å². The van der Waals surface area contributed by atoms with Crippen LogP contribution in [0.5, 0.6) is 0 Å². The molecule has 0 aliphatic rings. The van der Waals surface area contributed by atoms with Gasteiger partial charge in [-0.2, -0.15) is 0 Å². The quantitative estimate of drug-likeness (QED) is 0.359. The van der Waals surface area contributed by atoms with Crippen molar-refractivity contribution >= 4 is 27.4 Å². The van der Waals surface area contributed by atoms with Crippen molar-refractivity contribution in [1.29, 1.82) is 0 Å². The molecular weight excluding hydrogens is 368 g/mol. The third kappa shape index (κ3) is 4.96. The van der Waals surface area contributed by atoms with Crippen LogP contribution in [-0.4, -0.2) is 16.1 Å². The predicted octanol–water partition coefficient (Wildman–Crippen LogP) is 6.99. The Kier molecular flexibility index (Phi) is 7.69. The van der Waals surface area contributed by atoms with Gasteiger partial charge >= 0.3 is 0 Å². The molecule has 0 nitrogen and oxygen atoms in total. The van der Waals surface area contributed by atoms with Crippen LogP contribution in [0.25, 0.3) is 6.08 Å². The molecule has 0 N–H and O–H groups in total. The lowest BCUT2D eigenvalue weighted by atomic mass is 10.2. The summed E-state index contributed by atoms with van der Waals surface area (Å²) in [5.41, 5.74) is 13.6. The minimum absolute atomic E-state index is 0.659. The summed E-state index contributed by atoms with van der Waals surface area (Å²) in [5, 5.41) is 1.40. The summed E-state index contributed by atoms with van der Waals surface area (Å²) in [7, 11) is -3.80. The van der Waals surface area contributed by atoms with Gasteiger partial charge in [0.1, 0.15) is 8.07 Å². The van der Waals surface area contributed by atoms with Gasteiger partial charge in [-0.3, -0.25) is 0 Å². The molecule has 0 fully saturated rings.